The van der Waals surface area contributed by atoms with Gasteiger partial charge in [0, 0.05) is 25.6 Å². The molecule has 2 rings (SSSR count). The molecule has 0 spiro atoms. The highest BCUT2D eigenvalue weighted by Gasteiger charge is 2.58. The summed E-state index contributed by atoms with van der Waals surface area (Å²) < 4.78 is 0. The van der Waals surface area contributed by atoms with E-state index in [2.05, 4.69) is 29.3 Å². The van der Waals surface area contributed by atoms with Gasteiger partial charge in [0.1, 0.15) is 0 Å². The van der Waals surface area contributed by atoms with Gasteiger partial charge in [-0.05, 0) is 18.3 Å². The van der Waals surface area contributed by atoms with Gasteiger partial charge < -0.3 is 11.1 Å². The quantitative estimate of drug-likeness (QED) is 0.642. The molecule has 0 radical (unpaired) electrons. The van der Waals surface area contributed by atoms with E-state index in [9.17, 15) is 9.59 Å². The molecule has 1 unspecified atom stereocenters. The number of rotatable bonds is 7. The number of hydrogen-bond donors (Lipinski definition) is 2. The van der Waals surface area contributed by atoms with Gasteiger partial charge in [0.25, 0.3) is 0 Å². The predicted octanol–water partition coefficient (Wildman–Crippen LogP) is 0.122. The third-order valence-corrected chi connectivity index (χ3v) is 3.99. The summed E-state index contributed by atoms with van der Waals surface area (Å²) >= 11 is 0. The Hall–Kier alpha value is -1.36. The Balaban J connectivity index is 1.66. The molecule has 0 aromatic rings. The van der Waals surface area contributed by atoms with Gasteiger partial charge in [-0.25, -0.2) is 0 Å². The number of piperidine rings is 1. The molecule has 3 N–H and O–H groups in total. The zero-order valence-corrected chi connectivity index (χ0v) is 11.5. The molecule has 0 aromatic heterocycles. The highest BCUT2D eigenvalue weighted by Crippen LogP contribution is 2.51. The molecule has 0 aromatic carbocycles. The maximum Gasteiger partial charge on any atom is 0.236 e. The minimum Gasteiger partial charge on any atom is -0.368 e. The van der Waals surface area contributed by atoms with Crippen LogP contribution in [0.2, 0.25) is 0 Å². The van der Waals surface area contributed by atoms with Crippen molar-refractivity contribution in [2.24, 2.45) is 23.5 Å². The lowest BCUT2D eigenvalue weighted by Crippen LogP contribution is -2.36. The first kappa shape index (κ1) is 14.1. The molecule has 106 valence electrons. The van der Waals surface area contributed by atoms with Crippen molar-refractivity contribution in [1.29, 1.82) is 0 Å². The second-order valence-corrected chi connectivity index (χ2v) is 5.52. The van der Waals surface area contributed by atoms with Crippen LogP contribution in [0.1, 0.15) is 19.8 Å². The predicted molar refractivity (Wildman–Crippen MR) is 73.2 cm³/mol. The summed E-state index contributed by atoms with van der Waals surface area (Å²) in [5, 5.41) is 2.60. The lowest BCUT2D eigenvalue weighted by Gasteiger charge is -2.17. The van der Waals surface area contributed by atoms with Crippen molar-refractivity contribution in [3.8, 4) is 0 Å². The number of allylic oxidation sites excluding steroid dienone is 1. The first-order valence-electron chi connectivity index (χ1n) is 7.06. The lowest BCUT2D eigenvalue weighted by molar-refractivity contribution is -0.126. The molecule has 5 heteroatoms. The van der Waals surface area contributed by atoms with Gasteiger partial charge in [-0.15, -0.1) is 0 Å². The van der Waals surface area contributed by atoms with Crippen LogP contribution in [0.3, 0.4) is 0 Å². The monoisotopic (exact) mass is 265 g/mol. The van der Waals surface area contributed by atoms with Crippen LogP contribution in [0.15, 0.2) is 12.2 Å². The Labute approximate surface area is 114 Å². The van der Waals surface area contributed by atoms with Crippen LogP contribution in [0.5, 0.6) is 0 Å². The fraction of sp³-hybridized carbons (Fsp3) is 0.714. The van der Waals surface area contributed by atoms with Crippen LogP contribution in [0, 0.1) is 17.8 Å². The molecule has 1 heterocycles. The number of primary amides is 1. The van der Waals surface area contributed by atoms with E-state index in [1.807, 2.05) is 0 Å². The van der Waals surface area contributed by atoms with Crippen LogP contribution < -0.4 is 11.1 Å². The van der Waals surface area contributed by atoms with Gasteiger partial charge >= 0.3 is 0 Å². The van der Waals surface area contributed by atoms with E-state index in [0.717, 1.165) is 26.1 Å². The number of nitrogens with zero attached hydrogens (tertiary/aromatic N) is 1. The largest absolute Gasteiger partial charge is 0.368 e. The molecule has 0 bridgehead atoms. The fourth-order valence-electron chi connectivity index (χ4n) is 2.95. The van der Waals surface area contributed by atoms with Crippen LogP contribution in [-0.2, 0) is 9.59 Å². The van der Waals surface area contributed by atoms with Crippen molar-refractivity contribution in [3.63, 3.8) is 0 Å². The standard InChI is InChI=1S/C14H23N3O2/c1-2-3-4-5-6-17-8-10-11(9-17)13(10)14(19)16-7-12(15)18/h4-5,10-11,13H,2-3,6-9H2,1H3,(H2,15,18)(H,16,19)/b5-4+/t10-,11+,13?. The summed E-state index contributed by atoms with van der Waals surface area (Å²) in [7, 11) is 0. The summed E-state index contributed by atoms with van der Waals surface area (Å²) in [5.74, 6) is 0.576. The second kappa shape index (κ2) is 6.19. The Morgan fingerprint density at radius 1 is 1.32 bits per heavy atom. The van der Waals surface area contributed by atoms with Gasteiger partial charge in [0.2, 0.25) is 11.8 Å². The van der Waals surface area contributed by atoms with Crippen molar-refractivity contribution in [2.75, 3.05) is 26.2 Å². The van der Waals surface area contributed by atoms with Crippen molar-refractivity contribution in [3.05, 3.63) is 12.2 Å². The SMILES string of the molecule is CCC/C=C/CN1C[C@@H]2C(C(=O)NCC(N)=O)[C@@H]2C1. The van der Waals surface area contributed by atoms with E-state index in [-0.39, 0.29) is 18.4 Å². The minimum atomic E-state index is -0.484. The average molecular weight is 265 g/mol. The number of fused-ring (bicyclic) bond motifs is 1. The first-order valence-corrected chi connectivity index (χ1v) is 7.06. The number of carbonyl (C=O) groups is 2. The minimum absolute atomic E-state index is 0.00465. The van der Waals surface area contributed by atoms with Crippen LogP contribution in [0.4, 0.5) is 0 Å². The molecule has 1 aliphatic heterocycles. The Morgan fingerprint density at radius 3 is 2.58 bits per heavy atom. The molecule has 3 atom stereocenters. The summed E-state index contributed by atoms with van der Waals surface area (Å²) in [5.41, 5.74) is 5.01. The third-order valence-electron chi connectivity index (χ3n) is 3.99. The van der Waals surface area contributed by atoms with Gasteiger partial charge in [-0.1, -0.05) is 25.5 Å². The van der Waals surface area contributed by atoms with Crippen molar-refractivity contribution in [1.82, 2.24) is 10.2 Å². The van der Waals surface area contributed by atoms with Crippen molar-refractivity contribution in [2.45, 2.75) is 19.8 Å². The zero-order valence-electron chi connectivity index (χ0n) is 11.5. The van der Waals surface area contributed by atoms with Crippen molar-refractivity contribution >= 4 is 11.8 Å². The highest BCUT2D eigenvalue weighted by molar-refractivity contribution is 5.87. The molecule has 1 saturated carbocycles. The van der Waals surface area contributed by atoms with Gasteiger partial charge in [-0.3, -0.25) is 14.5 Å². The lowest BCUT2D eigenvalue weighted by atomic mass is 10.2. The molecule has 2 amide bonds. The molecule has 1 aliphatic carbocycles. The maximum absolute atomic E-state index is 11.8. The maximum atomic E-state index is 11.8. The van der Waals surface area contributed by atoms with Gasteiger partial charge in [-0.2, -0.15) is 0 Å². The third kappa shape index (κ3) is 3.56. The van der Waals surface area contributed by atoms with E-state index in [4.69, 9.17) is 5.73 Å². The Morgan fingerprint density at radius 2 is 2.00 bits per heavy atom. The normalized spacial score (nSPS) is 29.4. The van der Waals surface area contributed by atoms with Crippen molar-refractivity contribution < 1.29 is 9.59 Å². The van der Waals surface area contributed by atoms with E-state index in [0.29, 0.717) is 11.8 Å². The number of nitrogens with two attached hydrogens (primary N) is 1. The highest BCUT2D eigenvalue weighted by atomic mass is 16.2. The van der Waals surface area contributed by atoms with Gasteiger partial charge in [0.05, 0.1) is 6.54 Å². The number of hydrogen-bond acceptors (Lipinski definition) is 3. The van der Waals surface area contributed by atoms with Crippen LogP contribution in [0.25, 0.3) is 0 Å². The van der Waals surface area contributed by atoms with E-state index < -0.39 is 5.91 Å². The Bertz CT molecular complexity index is 369. The van der Waals surface area contributed by atoms with E-state index in [1.54, 1.807) is 0 Å². The molecule has 19 heavy (non-hydrogen) atoms. The zero-order chi connectivity index (χ0) is 13.8. The van der Waals surface area contributed by atoms with Crippen LogP contribution >= 0.6 is 0 Å². The summed E-state index contributed by atoms with van der Waals surface area (Å²) in [4.78, 5) is 24.8. The molecule has 1 saturated heterocycles. The number of nitrogens with one attached hydrogen (secondary N) is 1. The summed E-state index contributed by atoms with van der Waals surface area (Å²) in [6, 6.07) is 0. The van der Waals surface area contributed by atoms with Gasteiger partial charge in [0.15, 0.2) is 0 Å². The number of carbonyl (C=O) groups excluding carboxylic acids is 2. The first-order chi connectivity index (χ1) is 9.13. The van der Waals surface area contributed by atoms with E-state index in [1.165, 1.54) is 6.42 Å². The molecule has 5 nitrogen and oxygen atoms in total. The average Bonchev–Trinajstić information content (AvgIpc) is 2.88. The van der Waals surface area contributed by atoms with Crippen LogP contribution in [-0.4, -0.2) is 42.9 Å². The number of unbranched alkanes of at least 4 members (excludes halogenated alkanes) is 1. The Kier molecular flexibility index (Phi) is 4.58. The molecular weight excluding hydrogens is 242 g/mol. The topological polar surface area (TPSA) is 75.4 Å². The molecule has 2 aliphatic rings. The fourth-order valence-corrected chi connectivity index (χ4v) is 2.95. The smallest absolute Gasteiger partial charge is 0.236 e. The number of likely N-dealkylation sites (tertiary alicyclic amines) is 1. The van der Waals surface area contributed by atoms with E-state index >= 15 is 0 Å². The number of amides is 2. The molecule has 2 fully saturated rings. The second-order valence-electron chi connectivity index (χ2n) is 5.52. The molecular formula is C14H23N3O2. The summed E-state index contributed by atoms with van der Waals surface area (Å²) in [6.07, 6.45) is 6.76. The summed E-state index contributed by atoms with van der Waals surface area (Å²) in [6.45, 7) is 5.11.